The lowest BCUT2D eigenvalue weighted by molar-refractivity contribution is -0.384. The van der Waals surface area contributed by atoms with Gasteiger partial charge >= 0.3 is 0 Å². The number of nitrogens with one attached hydrogen (secondary N) is 1. The lowest BCUT2D eigenvalue weighted by atomic mass is 10.1. The number of rotatable bonds is 6. The maximum absolute atomic E-state index is 12.1. The lowest BCUT2D eigenvalue weighted by Crippen LogP contribution is -2.19. The second kappa shape index (κ2) is 8.25. The first-order chi connectivity index (χ1) is 11.9. The largest absolute Gasteiger partial charge is 0.494 e. The van der Waals surface area contributed by atoms with Crippen molar-refractivity contribution in [1.29, 1.82) is 0 Å². The van der Waals surface area contributed by atoms with E-state index < -0.39 is 10.8 Å². The van der Waals surface area contributed by atoms with Gasteiger partial charge in [-0.05, 0) is 55.8 Å². The standard InChI is InChI=1S/C17H16ClN3O4/c1-3-25-14-7-4-12(5-8-14)11(2)19-20-17(22)13-6-9-15(18)16(10-13)21(23)24/h4-10H,3H2,1-2H3,(H,20,22)/b19-11-. The summed E-state index contributed by atoms with van der Waals surface area (Å²) in [4.78, 5) is 22.3. The van der Waals surface area contributed by atoms with Gasteiger partial charge in [-0.2, -0.15) is 5.10 Å². The number of benzene rings is 2. The number of carbonyl (C=O) groups excluding carboxylic acids is 1. The first-order valence-electron chi connectivity index (χ1n) is 7.44. The summed E-state index contributed by atoms with van der Waals surface area (Å²) in [7, 11) is 0. The van der Waals surface area contributed by atoms with Gasteiger partial charge < -0.3 is 4.74 Å². The van der Waals surface area contributed by atoms with Crippen molar-refractivity contribution in [3.05, 3.63) is 68.7 Å². The van der Waals surface area contributed by atoms with Crippen LogP contribution in [0.5, 0.6) is 5.75 Å². The minimum absolute atomic E-state index is 0.0318. The molecule has 0 spiro atoms. The molecule has 2 aromatic rings. The van der Waals surface area contributed by atoms with Gasteiger partial charge in [0.05, 0.1) is 17.2 Å². The van der Waals surface area contributed by atoms with Gasteiger partial charge in [-0.3, -0.25) is 14.9 Å². The van der Waals surface area contributed by atoms with Crippen molar-refractivity contribution < 1.29 is 14.5 Å². The highest BCUT2D eigenvalue weighted by Crippen LogP contribution is 2.25. The third-order valence-electron chi connectivity index (χ3n) is 3.31. The van der Waals surface area contributed by atoms with E-state index in [2.05, 4.69) is 10.5 Å². The average Bonchev–Trinajstić information content (AvgIpc) is 2.60. The molecule has 0 bridgehead atoms. The van der Waals surface area contributed by atoms with Crippen molar-refractivity contribution in [3.8, 4) is 5.75 Å². The Hall–Kier alpha value is -2.93. The Morgan fingerprint density at radius 2 is 1.88 bits per heavy atom. The molecule has 0 atom stereocenters. The van der Waals surface area contributed by atoms with Crippen molar-refractivity contribution in [1.82, 2.24) is 5.43 Å². The van der Waals surface area contributed by atoms with Crippen molar-refractivity contribution in [2.45, 2.75) is 13.8 Å². The number of amides is 1. The molecule has 2 aromatic carbocycles. The molecule has 0 fully saturated rings. The molecular weight excluding hydrogens is 346 g/mol. The quantitative estimate of drug-likeness (QED) is 0.481. The molecule has 0 radical (unpaired) electrons. The van der Waals surface area contributed by atoms with Crippen molar-refractivity contribution in [3.63, 3.8) is 0 Å². The number of nitrogens with zero attached hydrogens (tertiary/aromatic N) is 2. The van der Waals surface area contributed by atoms with Crippen LogP contribution in [0, 0.1) is 10.1 Å². The molecule has 1 amide bonds. The third kappa shape index (κ3) is 4.77. The van der Waals surface area contributed by atoms with E-state index in [1.54, 1.807) is 6.92 Å². The molecule has 0 aliphatic carbocycles. The van der Waals surface area contributed by atoms with Crippen LogP contribution in [0.1, 0.15) is 29.8 Å². The normalized spacial score (nSPS) is 11.1. The maximum Gasteiger partial charge on any atom is 0.288 e. The second-order valence-electron chi connectivity index (χ2n) is 5.02. The van der Waals surface area contributed by atoms with Crippen LogP contribution in [0.15, 0.2) is 47.6 Å². The highest BCUT2D eigenvalue weighted by molar-refractivity contribution is 6.32. The predicted molar refractivity (Wildman–Crippen MR) is 95.4 cm³/mol. The molecule has 0 aromatic heterocycles. The summed E-state index contributed by atoms with van der Waals surface area (Å²) in [5.41, 5.74) is 3.53. The van der Waals surface area contributed by atoms with Gasteiger partial charge in [-0.15, -0.1) is 0 Å². The molecule has 8 heteroatoms. The Balaban J connectivity index is 2.11. The number of hydrogen-bond donors (Lipinski definition) is 1. The average molecular weight is 362 g/mol. The fourth-order valence-corrected chi connectivity index (χ4v) is 2.20. The summed E-state index contributed by atoms with van der Waals surface area (Å²) in [5, 5.41) is 14.9. The SMILES string of the molecule is CCOc1ccc(/C(C)=N\NC(=O)c2ccc(Cl)c([N+](=O)[O-])c2)cc1. The minimum atomic E-state index is -0.645. The second-order valence-corrected chi connectivity index (χ2v) is 5.43. The molecule has 0 saturated carbocycles. The van der Waals surface area contributed by atoms with Crippen LogP contribution < -0.4 is 10.2 Å². The number of carbonyl (C=O) groups is 1. The van der Waals surface area contributed by atoms with Gasteiger partial charge in [-0.25, -0.2) is 5.43 Å². The van der Waals surface area contributed by atoms with Gasteiger partial charge in [-0.1, -0.05) is 11.6 Å². The van der Waals surface area contributed by atoms with Crippen molar-refractivity contribution >= 4 is 28.9 Å². The van der Waals surface area contributed by atoms with Crippen molar-refractivity contribution in [2.75, 3.05) is 6.61 Å². The van der Waals surface area contributed by atoms with Crippen LogP contribution >= 0.6 is 11.6 Å². The summed E-state index contributed by atoms with van der Waals surface area (Å²) < 4.78 is 5.36. The molecule has 0 heterocycles. The number of hydrazone groups is 1. The molecule has 2 rings (SSSR count). The van der Waals surface area contributed by atoms with E-state index in [1.807, 2.05) is 31.2 Å². The number of nitro groups is 1. The van der Waals surface area contributed by atoms with Gasteiger partial charge in [0.2, 0.25) is 0 Å². The van der Waals surface area contributed by atoms with Crippen LogP contribution in [0.4, 0.5) is 5.69 Å². The molecule has 0 unspecified atom stereocenters. The molecule has 0 aliphatic heterocycles. The van der Waals surface area contributed by atoms with Crippen LogP contribution in [0.25, 0.3) is 0 Å². The van der Waals surface area contributed by atoms with E-state index in [4.69, 9.17) is 16.3 Å². The van der Waals surface area contributed by atoms with E-state index in [9.17, 15) is 14.9 Å². The number of ether oxygens (including phenoxy) is 1. The first-order valence-corrected chi connectivity index (χ1v) is 7.82. The van der Waals surface area contributed by atoms with E-state index in [-0.39, 0.29) is 16.3 Å². The Kier molecular flexibility index (Phi) is 6.08. The first kappa shape index (κ1) is 18.4. The smallest absolute Gasteiger partial charge is 0.288 e. The van der Waals surface area contributed by atoms with Crippen LogP contribution in [-0.4, -0.2) is 23.1 Å². The molecule has 0 saturated heterocycles. The lowest BCUT2D eigenvalue weighted by Gasteiger charge is -2.06. The van der Waals surface area contributed by atoms with Crippen LogP contribution in [-0.2, 0) is 0 Å². The van der Waals surface area contributed by atoms with E-state index >= 15 is 0 Å². The molecule has 130 valence electrons. The zero-order chi connectivity index (χ0) is 18.4. The Labute approximate surface area is 149 Å². The predicted octanol–water partition coefficient (Wildman–Crippen LogP) is 3.80. The monoisotopic (exact) mass is 361 g/mol. The zero-order valence-electron chi connectivity index (χ0n) is 13.7. The van der Waals surface area contributed by atoms with Crippen LogP contribution in [0.2, 0.25) is 5.02 Å². The molecule has 1 N–H and O–H groups in total. The minimum Gasteiger partial charge on any atom is -0.494 e. The molecule has 0 aliphatic rings. The number of halogens is 1. The number of nitro benzene ring substituents is 1. The zero-order valence-corrected chi connectivity index (χ0v) is 14.4. The summed E-state index contributed by atoms with van der Waals surface area (Å²) in [6.45, 7) is 4.22. The fourth-order valence-electron chi connectivity index (χ4n) is 2.02. The summed E-state index contributed by atoms with van der Waals surface area (Å²) in [6, 6.07) is 11.1. The van der Waals surface area contributed by atoms with E-state index in [0.717, 1.165) is 17.4 Å². The van der Waals surface area contributed by atoms with Crippen LogP contribution in [0.3, 0.4) is 0 Å². The number of hydrogen-bond acceptors (Lipinski definition) is 5. The van der Waals surface area contributed by atoms with Gasteiger partial charge in [0.25, 0.3) is 11.6 Å². The maximum atomic E-state index is 12.1. The van der Waals surface area contributed by atoms with Gasteiger partial charge in [0.15, 0.2) is 0 Å². The van der Waals surface area contributed by atoms with E-state index in [1.165, 1.54) is 12.1 Å². The fraction of sp³-hybridized carbons (Fsp3) is 0.176. The molecular formula is C17H16ClN3O4. The third-order valence-corrected chi connectivity index (χ3v) is 3.63. The Morgan fingerprint density at radius 1 is 1.24 bits per heavy atom. The topological polar surface area (TPSA) is 93.8 Å². The summed E-state index contributed by atoms with van der Waals surface area (Å²) in [6.07, 6.45) is 0. The van der Waals surface area contributed by atoms with Gasteiger partial charge in [0.1, 0.15) is 10.8 Å². The molecule has 25 heavy (non-hydrogen) atoms. The summed E-state index contributed by atoms with van der Waals surface area (Å²) in [5.74, 6) is 0.182. The highest BCUT2D eigenvalue weighted by Gasteiger charge is 2.16. The Morgan fingerprint density at radius 3 is 2.48 bits per heavy atom. The van der Waals surface area contributed by atoms with E-state index in [0.29, 0.717) is 12.3 Å². The van der Waals surface area contributed by atoms with Crippen molar-refractivity contribution in [2.24, 2.45) is 5.10 Å². The Bertz CT molecular complexity index is 819. The summed E-state index contributed by atoms with van der Waals surface area (Å²) >= 11 is 5.73. The molecule has 7 nitrogen and oxygen atoms in total. The van der Waals surface area contributed by atoms with Gasteiger partial charge in [0, 0.05) is 11.6 Å². The highest BCUT2D eigenvalue weighted by atomic mass is 35.5.